The Morgan fingerprint density at radius 2 is 1.75 bits per heavy atom. The Morgan fingerprint density at radius 1 is 1.10 bits per heavy atom. The summed E-state index contributed by atoms with van der Waals surface area (Å²) in [5.74, 6) is 1.22. The van der Waals surface area contributed by atoms with E-state index >= 15 is 0 Å². The van der Waals surface area contributed by atoms with Gasteiger partial charge in [0.2, 0.25) is 0 Å². The van der Waals surface area contributed by atoms with E-state index in [9.17, 15) is 0 Å². The van der Waals surface area contributed by atoms with E-state index in [-0.39, 0.29) is 0 Å². The second-order valence-corrected chi connectivity index (χ2v) is 4.83. The van der Waals surface area contributed by atoms with Gasteiger partial charge in [-0.25, -0.2) is 15.0 Å². The highest BCUT2D eigenvalue weighted by Gasteiger charge is 2.08. The molecule has 0 radical (unpaired) electrons. The minimum absolute atomic E-state index is 0.508. The maximum absolute atomic E-state index is 6.04. The largest absolute Gasteiger partial charge is 0.393 e. The first-order chi connectivity index (χ1) is 9.56. The van der Waals surface area contributed by atoms with Crippen LogP contribution in [0.15, 0.2) is 30.6 Å². The first kappa shape index (κ1) is 14.1. The molecule has 1 heterocycles. The van der Waals surface area contributed by atoms with Crippen molar-refractivity contribution in [2.75, 3.05) is 30.6 Å². The van der Waals surface area contributed by atoms with Crippen LogP contribution in [0.3, 0.4) is 0 Å². The van der Waals surface area contributed by atoms with E-state index in [4.69, 9.17) is 5.73 Å². The number of nitrogen functional groups attached to an aromatic ring is 1. The number of hydrazine groups is 1. The molecule has 20 heavy (non-hydrogen) atoms. The zero-order chi connectivity index (χ0) is 14.5. The van der Waals surface area contributed by atoms with E-state index in [1.807, 2.05) is 14.1 Å². The lowest BCUT2D eigenvalue weighted by molar-refractivity contribution is 0.492. The van der Waals surface area contributed by atoms with Gasteiger partial charge in [-0.05, 0) is 12.5 Å². The van der Waals surface area contributed by atoms with Gasteiger partial charge in [-0.2, -0.15) is 0 Å². The smallest absolute Gasteiger partial charge is 0.169 e. The molecule has 6 nitrogen and oxygen atoms in total. The molecular formula is C14H20N6. The fourth-order valence-electron chi connectivity index (χ4n) is 1.73. The van der Waals surface area contributed by atoms with Crippen LogP contribution in [0.2, 0.25) is 0 Å². The second-order valence-electron chi connectivity index (χ2n) is 4.83. The van der Waals surface area contributed by atoms with Crippen molar-refractivity contribution < 1.29 is 0 Å². The van der Waals surface area contributed by atoms with E-state index in [1.165, 1.54) is 17.5 Å². The first-order valence-corrected chi connectivity index (χ1v) is 6.40. The number of nitrogens with one attached hydrogen (secondary N) is 2. The molecule has 1 aromatic carbocycles. The number of nitrogens with two attached hydrogens (primary N) is 1. The SMILES string of the molecule is Cc1ccc(CNc2ncnc(NN(C)C)c2N)cc1. The Balaban J connectivity index is 2.07. The molecule has 0 spiro atoms. The minimum Gasteiger partial charge on any atom is -0.393 e. The van der Waals surface area contributed by atoms with Crippen molar-refractivity contribution in [3.05, 3.63) is 41.7 Å². The third kappa shape index (κ3) is 3.58. The molecule has 0 amide bonds. The summed E-state index contributed by atoms with van der Waals surface area (Å²) in [6.45, 7) is 2.74. The molecule has 0 aliphatic heterocycles. The number of nitrogens with zero attached hydrogens (tertiary/aromatic N) is 3. The maximum Gasteiger partial charge on any atom is 0.169 e. The van der Waals surface area contributed by atoms with Crippen molar-refractivity contribution in [3.8, 4) is 0 Å². The summed E-state index contributed by atoms with van der Waals surface area (Å²) in [7, 11) is 3.75. The third-order valence-electron chi connectivity index (χ3n) is 2.79. The van der Waals surface area contributed by atoms with Crippen molar-refractivity contribution >= 4 is 17.3 Å². The molecule has 0 unspecified atom stereocenters. The molecule has 0 atom stereocenters. The van der Waals surface area contributed by atoms with Gasteiger partial charge in [0.05, 0.1) is 0 Å². The Morgan fingerprint density at radius 3 is 2.40 bits per heavy atom. The van der Waals surface area contributed by atoms with Gasteiger partial charge in [0.1, 0.15) is 12.0 Å². The number of aryl methyl sites for hydroxylation is 1. The highest BCUT2D eigenvalue weighted by molar-refractivity contribution is 5.73. The molecule has 2 rings (SSSR count). The average molecular weight is 272 g/mol. The normalized spacial score (nSPS) is 10.6. The minimum atomic E-state index is 0.508. The molecule has 0 fully saturated rings. The van der Waals surface area contributed by atoms with Gasteiger partial charge in [-0.3, -0.25) is 0 Å². The quantitative estimate of drug-likeness (QED) is 0.721. The third-order valence-corrected chi connectivity index (χ3v) is 2.79. The molecule has 106 valence electrons. The summed E-state index contributed by atoms with van der Waals surface area (Å²) in [6, 6.07) is 8.33. The van der Waals surface area contributed by atoms with E-state index in [0.717, 1.165) is 0 Å². The van der Waals surface area contributed by atoms with Gasteiger partial charge in [-0.1, -0.05) is 29.8 Å². The highest BCUT2D eigenvalue weighted by atomic mass is 15.5. The second kappa shape index (κ2) is 6.21. The van der Waals surface area contributed by atoms with Crippen LogP contribution in [0, 0.1) is 6.92 Å². The predicted octanol–water partition coefficient (Wildman–Crippen LogP) is 1.87. The molecule has 4 N–H and O–H groups in total. The first-order valence-electron chi connectivity index (χ1n) is 6.40. The number of benzene rings is 1. The topological polar surface area (TPSA) is 79.1 Å². The van der Waals surface area contributed by atoms with Gasteiger partial charge >= 0.3 is 0 Å². The summed E-state index contributed by atoms with van der Waals surface area (Å²) >= 11 is 0. The predicted molar refractivity (Wildman–Crippen MR) is 82.3 cm³/mol. The molecule has 2 aromatic rings. The average Bonchev–Trinajstić information content (AvgIpc) is 2.41. The summed E-state index contributed by atoms with van der Waals surface area (Å²) in [4.78, 5) is 8.29. The molecule has 0 aliphatic carbocycles. The number of rotatable bonds is 5. The van der Waals surface area contributed by atoms with E-state index in [2.05, 4.69) is 51.9 Å². The Bertz CT molecular complexity index is 564. The van der Waals surface area contributed by atoms with Gasteiger partial charge < -0.3 is 16.5 Å². The summed E-state index contributed by atoms with van der Waals surface area (Å²) in [5.41, 5.74) is 12.0. The fraction of sp³-hybridized carbons (Fsp3) is 0.286. The van der Waals surface area contributed by atoms with Crippen LogP contribution in [0.25, 0.3) is 0 Å². The molecule has 6 heteroatoms. The monoisotopic (exact) mass is 272 g/mol. The number of hydrogen-bond donors (Lipinski definition) is 3. The number of hydrogen-bond acceptors (Lipinski definition) is 6. The van der Waals surface area contributed by atoms with Gasteiger partial charge in [0, 0.05) is 20.6 Å². The lowest BCUT2D eigenvalue weighted by Gasteiger charge is -2.16. The lowest BCUT2D eigenvalue weighted by Crippen LogP contribution is -2.22. The Hall–Kier alpha value is -2.34. The maximum atomic E-state index is 6.04. The number of aromatic nitrogens is 2. The molecule has 1 aromatic heterocycles. The molecule has 0 saturated heterocycles. The highest BCUT2D eigenvalue weighted by Crippen LogP contribution is 2.22. The zero-order valence-corrected chi connectivity index (χ0v) is 12.0. The summed E-state index contributed by atoms with van der Waals surface area (Å²) < 4.78 is 0. The van der Waals surface area contributed by atoms with Crippen LogP contribution < -0.4 is 16.5 Å². The van der Waals surface area contributed by atoms with E-state index in [0.29, 0.717) is 23.9 Å². The van der Waals surface area contributed by atoms with Crippen LogP contribution in [-0.2, 0) is 6.54 Å². The Labute approximate surface area is 119 Å². The van der Waals surface area contributed by atoms with Crippen molar-refractivity contribution in [2.24, 2.45) is 0 Å². The fourth-order valence-corrected chi connectivity index (χ4v) is 1.73. The van der Waals surface area contributed by atoms with Crippen LogP contribution in [-0.4, -0.2) is 29.1 Å². The molecule has 0 saturated carbocycles. The van der Waals surface area contributed by atoms with Gasteiger partial charge in [0.15, 0.2) is 11.6 Å². The van der Waals surface area contributed by atoms with Crippen LogP contribution in [0.5, 0.6) is 0 Å². The lowest BCUT2D eigenvalue weighted by atomic mass is 10.1. The molecular weight excluding hydrogens is 252 g/mol. The van der Waals surface area contributed by atoms with Crippen molar-refractivity contribution in [1.82, 2.24) is 15.0 Å². The van der Waals surface area contributed by atoms with Gasteiger partial charge in [-0.15, -0.1) is 0 Å². The Kier molecular flexibility index (Phi) is 4.37. The number of anilines is 3. The summed E-state index contributed by atoms with van der Waals surface area (Å²) in [6.07, 6.45) is 1.49. The molecule has 0 aliphatic rings. The summed E-state index contributed by atoms with van der Waals surface area (Å²) in [5, 5.41) is 5.01. The van der Waals surface area contributed by atoms with Crippen molar-refractivity contribution in [1.29, 1.82) is 0 Å². The zero-order valence-electron chi connectivity index (χ0n) is 12.0. The van der Waals surface area contributed by atoms with Crippen molar-refractivity contribution in [2.45, 2.75) is 13.5 Å². The van der Waals surface area contributed by atoms with Gasteiger partial charge in [0.25, 0.3) is 0 Å². The van der Waals surface area contributed by atoms with Crippen molar-refractivity contribution in [3.63, 3.8) is 0 Å². The van der Waals surface area contributed by atoms with Crippen LogP contribution in [0.1, 0.15) is 11.1 Å². The van der Waals surface area contributed by atoms with Crippen LogP contribution in [0.4, 0.5) is 17.3 Å². The standard InChI is InChI=1S/C14H20N6/c1-10-4-6-11(7-5-10)8-16-13-12(15)14(18-9-17-13)19-20(2)3/h4-7,9H,8,15H2,1-3H3,(H2,16,17,18,19). The van der Waals surface area contributed by atoms with E-state index in [1.54, 1.807) is 5.01 Å². The molecule has 0 bridgehead atoms. The van der Waals surface area contributed by atoms with Crippen LogP contribution >= 0.6 is 0 Å². The van der Waals surface area contributed by atoms with E-state index < -0.39 is 0 Å².